The van der Waals surface area contributed by atoms with Crippen molar-refractivity contribution in [1.29, 1.82) is 0 Å². The minimum absolute atomic E-state index is 0.483. The first-order valence-corrected chi connectivity index (χ1v) is 6.27. The molecule has 2 aliphatic heterocycles. The third kappa shape index (κ3) is 2.03. The highest BCUT2D eigenvalue weighted by Crippen LogP contribution is 2.40. The molecule has 1 unspecified atom stereocenters. The summed E-state index contributed by atoms with van der Waals surface area (Å²) < 4.78 is 0.483. The van der Waals surface area contributed by atoms with Gasteiger partial charge in [-0.25, -0.2) is 0 Å². The van der Waals surface area contributed by atoms with Crippen LogP contribution in [0.25, 0.3) is 0 Å². The predicted molar refractivity (Wildman–Crippen MR) is 59.4 cm³/mol. The van der Waals surface area contributed by atoms with E-state index < -0.39 is 0 Å². The molecule has 3 heteroatoms. The van der Waals surface area contributed by atoms with Crippen molar-refractivity contribution >= 4 is 11.8 Å². The van der Waals surface area contributed by atoms with Gasteiger partial charge in [-0.05, 0) is 26.0 Å². The lowest BCUT2D eigenvalue weighted by atomic mass is 9.99. The standard InChI is InChI=1S/C10H20N2S/c1-10(2)9(3-8-13-10)12-6-4-11-5-7-12/h9,11H,3-8H2,1-2H3. The summed E-state index contributed by atoms with van der Waals surface area (Å²) in [5.74, 6) is 1.35. The second-order valence-corrected chi connectivity index (χ2v) is 6.29. The highest BCUT2D eigenvalue weighted by Gasteiger charge is 2.39. The molecule has 0 amide bonds. The van der Waals surface area contributed by atoms with Crippen LogP contribution < -0.4 is 5.32 Å². The molecular formula is C10H20N2S. The summed E-state index contributed by atoms with van der Waals surface area (Å²) in [7, 11) is 0. The number of rotatable bonds is 1. The van der Waals surface area contributed by atoms with Crippen LogP contribution in [0.15, 0.2) is 0 Å². The number of piperazine rings is 1. The van der Waals surface area contributed by atoms with E-state index in [9.17, 15) is 0 Å². The lowest BCUT2D eigenvalue weighted by Gasteiger charge is -2.39. The van der Waals surface area contributed by atoms with Crippen molar-refractivity contribution in [3.63, 3.8) is 0 Å². The van der Waals surface area contributed by atoms with E-state index in [1.165, 1.54) is 38.4 Å². The number of hydrogen-bond acceptors (Lipinski definition) is 3. The highest BCUT2D eigenvalue weighted by molar-refractivity contribution is 8.00. The summed E-state index contributed by atoms with van der Waals surface area (Å²) in [6.07, 6.45) is 1.39. The van der Waals surface area contributed by atoms with Gasteiger partial charge in [0.05, 0.1) is 0 Å². The van der Waals surface area contributed by atoms with Gasteiger partial charge in [-0.3, -0.25) is 4.90 Å². The maximum atomic E-state index is 3.42. The maximum Gasteiger partial charge on any atom is 0.0259 e. The molecule has 2 rings (SSSR count). The van der Waals surface area contributed by atoms with Crippen molar-refractivity contribution < 1.29 is 0 Å². The van der Waals surface area contributed by atoms with Gasteiger partial charge in [0.15, 0.2) is 0 Å². The van der Waals surface area contributed by atoms with Gasteiger partial charge in [-0.15, -0.1) is 0 Å². The molecule has 2 heterocycles. The van der Waals surface area contributed by atoms with E-state index in [0.29, 0.717) is 4.75 Å². The molecule has 0 bridgehead atoms. The summed E-state index contributed by atoms with van der Waals surface area (Å²) >= 11 is 2.14. The Balaban J connectivity index is 1.98. The quantitative estimate of drug-likeness (QED) is 0.684. The molecule has 0 aliphatic carbocycles. The molecule has 0 radical (unpaired) electrons. The van der Waals surface area contributed by atoms with Crippen molar-refractivity contribution in [2.45, 2.75) is 31.1 Å². The van der Waals surface area contributed by atoms with Crippen LogP contribution in [-0.4, -0.2) is 47.6 Å². The summed E-state index contributed by atoms with van der Waals surface area (Å²) in [6.45, 7) is 9.65. The smallest absolute Gasteiger partial charge is 0.0259 e. The predicted octanol–water partition coefficient (Wildman–Crippen LogP) is 1.18. The fraction of sp³-hybridized carbons (Fsp3) is 1.00. The fourth-order valence-corrected chi connectivity index (χ4v) is 3.82. The SMILES string of the molecule is CC1(C)SCCC1N1CCNCC1. The van der Waals surface area contributed by atoms with Gasteiger partial charge >= 0.3 is 0 Å². The van der Waals surface area contributed by atoms with Crippen LogP contribution in [0.4, 0.5) is 0 Å². The lowest BCUT2D eigenvalue weighted by Crippen LogP contribution is -2.52. The first-order chi connectivity index (χ1) is 6.20. The zero-order valence-corrected chi connectivity index (χ0v) is 9.49. The number of nitrogens with zero attached hydrogens (tertiary/aromatic N) is 1. The zero-order chi connectivity index (χ0) is 9.31. The van der Waals surface area contributed by atoms with E-state index in [-0.39, 0.29) is 0 Å². The Hall–Kier alpha value is 0.270. The molecule has 0 aromatic carbocycles. The summed E-state index contributed by atoms with van der Waals surface area (Å²) in [4.78, 5) is 2.68. The molecule has 13 heavy (non-hydrogen) atoms. The van der Waals surface area contributed by atoms with E-state index in [1.807, 2.05) is 0 Å². The third-order valence-corrected chi connectivity index (χ3v) is 4.72. The molecule has 0 spiro atoms. The molecule has 76 valence electrons. The van der Waals surface area contributed by atoms with Crippen molar-refractivity contribution in [2.24, 2.45) is 0 Å². The Labute approximate surface area is 85.4 Å². The Bertz CT molecular complexity index is 176. The molecule has 1 atom stereocenters. The van der Waals surface area contributed by atoms with Crippen LogP contribution in [0, 0.1) is 0 Å². The average Bonchev–Trinajstić information content (AvgIpc) is 2.47. The van der Waals surface area contributed by atoms with Gasteiger partial charge in [0.25, 0.3) is 0 Å². The Morgan fingerprint density at radius 1 is 1.31 bits per heavy atom. The van der Waals surface area contributed by atoms with Crippen molar-refractivity contribution in [2.75, 3.05) is 31.9 Å². The minimum Gasteiger partial charge on any atom is -0.314 e. The molecule has 0 aromatic rings. The Morgan fingerprint density at radius 2 is 2.00 bits per heavy atom. The topological polar surface area (TPSA) is 15.3 Å². The van der Waals surface area contributed by atoms with E-state index in [1.54, 1.807) is 0 Å². The molecule has 0 saturated carbocycles. The normalized spacial score (nSPS) is 35.1. The van der Waals surface area contributed by atoms with Crippen molar-refractivity contribution in [1.82, 2.24) is 10.2 Å². The molecule has 2 nitrogen and oxygen atoms in total. The summed E-state index contributed by atoms with van der Waals surface area (Å²) in [5.41, 5.74) is 0. The number of nitrogens with one attached hydrogen (secondary N) is 1. The minimum atomic E-state index is 0.483. The van der Waals surface area contributed by atoms with Gasteiger partial charge in [0.2, 0.25) is 0 Å². The molecular weight excluding hydrogens is 180 g/mol. The van der Waals surface area contributed by atoms with Gasteiger partial charge < -0.3 is 5.32 Å². The van der Waals surface area contributed by atoms with Crippen LogP contribution in [0.5, 0.6) is 0 Å². The van der Waals surface area contributed by atoms with Crippen molar-refractivity contribution in [3.05, 3.63) is 0 Å². The van der Waals surface area contributed by atoms with Crippen LogP contribution >= 0.6 is 11.8 Å². The molecule has 1 N–H and O–H groups in total. The third-order valence-electron chi connectivity index (χ3n) is 3.26. The maximum absolute atomic E-state index is 3.42. The van der Waals surface area contributed by atoms with E-state index >= 15 is 0 Å². The second-order valence-electron chi connectivity index (χ2n) is 4.54. The molecule has 2 aliphatic rings. The Morgan fingerprint density at radius 3 is 2.54 bits per heavy atom. The molecule has 2 saturated heterocycles. The van der Waals surface area contributed by atoms with Gasteiger partial charge in [0, 0.05) is 37.0 Å². The van der Waals surface area contributed by atoms with Gasteiger partial charge in [-0.1, -0.05) is 0 Å². The lowest BCUT2D eigenvalue weighted by molar-refractivity contribution is 0.152. The monoisotopic (exact) mass is 200 g/mol. The zero-order valence-electron chi connectivity index (χ0n) is 8.68. The average molecular weight is 200 g/mol. The van der Waals surface area contributed by atoms with Crippen molar-refractivity contribution in [3.8, 4) is 0 Å². The molecule has 0 aromatic heterocycles. The van der Waals surface area contributed by atoms with Crippen LogP contribution in [0.2, 0.25) is 0 Å². The number of thioether (sulfide) groups is 1. The molecule has 2 fully saturated rings. The largest absolute Gasteiger partial charge is 0.314 e. The van der Waals surface area contributed by atoms with Crippen LogP contribution in [0.3, 0.4) is 0 Å². The van der Waals surface area contributed by atoms with Gasteiger partial charge in [-0.2, -0.15) is 11.8 Å². The van der Waals surface area contributed by atoms with E-state index in [4.69, 9.17) is 0 Å². The second kappa shape index (κ2) is 3.79. The van der Waals surface area contributed by atoms with Gasteiger partial charge in [0.1, 0.15) is 0 Å². The van der Waals surface area contributed by atoms with E-state index in [2.05, 4.69) is 35.8 Å². The first kappa shape index (κ1) is 9.81. The number of hydrogen-bond donors (Lipinski definition) is 1. The Kier molecular flexibility index (Phi) is 2.86. The van der Waals surface area contributed by atoms with Crippen LogP contribution in [0.1, 0.15) is 20.3 Å². The first-order valence-electron chi connectivity index (χ1n) is 5.29. The fourth-order valence-electron chi connectivity index (χ4n) is 2.49. The van der Waals surface area contributed by atoms with E-state index in [0.717, 1.165) is 6.04 Å². The summed E-state index contributed by atoms with van der Waals surface area (Å²) in [5, 5.41) is 3.42. The summed E-state index contributed by atoms with van der Waals surface area (Å²) in [6, 6.07) is 0.819. The highest BCUT2D eigenvalue weighted by atomic mass is 32.2. The van der Waals surface area contributed by atoms with Crippen LogP contribution in [-0.2, 0) is 0 Å².